The molecule has 2 aromatic carbocycles. The zero-order valence-electron chi connectivity index (χ0n) is 17.7. The van der Waals surface area contributed by atoms with E-state index in [2.05, 4.69) is 15.9 Å². The Kier molecular flexibility index (Phi) is 6.16. The van der Waals surface area contributed by atoms with Crippen molar-refractivity contribution in [1.82, 2.24) is 4.90 Å². The zero-order chi connectivity index (χ0) is 22.1. The van der Waals surface area contributed by atoms with Gasteiger partial charge in [0.1, 0.15) is 11.3 Å². The van der Waals surface area contributed by atoms with Crippen LogP contribution in [-0.4, -0.2) is 37.2 Å². The number of nitrogens with zero attached hydrogens (tertiary/aromatic N) is 1. The standard InChI is InChI=1S/C24H24BrNO5/c1-14(2)30-12-4-11-26-21(15-5-8-17(29-3)9-6-15)20-22(27)18-13-16(25)7-10-19(18)31-23(20)24(26)28/h5-10,13-14,21H,4,11-12H2,1-3H3/t21-/m0/s1. The average Bonchev–Trinajstić information content (AvgIpc) is 3.04. The van der Waals surface area contributed by atoms with Crippen molar-refractivity contribution < 1.29 is 18.7 Å². The molecule has 4 rings (SSSR count). The van der Waals surface area contributed by atoms with Crippen molar-refractivity contribution in [2.24, 2.45) is 0 Å². The predicted octanol–water partition coefficient (Wildman–Crippen LogP) is 4.92. The molecule has 1 atom stereocenters. The molecule has 0 unspecified atom stereocenters. The SMILES string of the molecule is COc1ccc([C@H]2c3c(oc4ccc(Br)cc4c3=O)C(=O)N2CCCOC(C)C)cc1. The van der Waals surface area contributed by atoms with E-state index in [1.807, 2.05) is 38.1 Å². The lowest BCUT2D eigenvalue weighted by Crippen LogP contribution is -2.31. The Morgan fingerprint density at radius 1 is 1.13 bits per heavy atom. The molecule has 1 aromatic heterocycles. The normalized spacial score (nSPS) is 15.7. The number of benzene rings is 2. The first-order chi connectivity index (χ1) is 14.9. The van der Waals surface area contributed by atoms with Crippen LogP contribution < -0.4 is 10.2 Å². The third kappa shape index (κ3) is 4.12. The topological polar surface area (TPSA) is 69.0 Å². The van der Waals surface area contributed by atoms with Gasteiger partial charge in [0.15, 0.2) is 5.43 Å². The van der Waals surface area contributed by atoms with E-state index in [0.717, 1.165) is 10.0 Å². The van der Waals surface area contributed by atoms with Crippen LogP contribution in [-0.2, 0) is 4.74 Å². The van der Waals surface area contributed by atoms with Crippen molar-refractivity contribution in [2.45, 2.75) is 32.4 Å². The molecular formula is C24H24BrNO5. The van der Waals surface area contributed by atoms with E-state index in [4.69, 9.17) is 13.9 Å². The number of amides is 1. The number of ether oxygens (including phenoxy) is 2. The summed E-state index contributed by atoms with van der Waals surface area (Å²) in [5, 5.41) is 0.449. The maximum absolute atomic E-state index is 13.5. The number of rotatable bonds is 7. The molecule has 0 spiro atoms. The average molecular weight is 486 g/mol. The van der Waals surface area contributed by atoms with E-state index >= 15 is 0 Å². The summed E-state index contributed by atoms with van der Waals surface area (Å²) in [6.07, 6.45) is 0.778. The van der Waals surface area contributed by atoms with Gasteiger partial charge in [0, 0.05) is 17.6 Å². The van der Waals surface area contributed by atoms with E-state index < -0.39 is 6.04 Å². The fourth-order valence-corrected chi connectivity index (χ4v) is 4.27. The molecule has 31 heavy (non-hydrogen) atoms. The van der Waals surface area contributed by atoms with E-state index in [9.17, 15) is 9.59 Å². The van der Waals surface area contributed by atoms with Gasteiger partial charge in [-0.3, -0.25) is 9.59 Å². The van der Waals surface area contributed by atoms with Crippen LogP contribution in [0.3, 0.4) is 0 Å². The quantitative estimate of drug-likeness (QED) is 0.444. The highest BCUT2D eigenvalue weighted by Crippen LogP contribution is 2.38. The van der Waals surface area contributed by atoms with Crippen molar-refractivity contribution in [3.8, 4) is 5.75 Å². The molecular weight excluding hydrogens is 462 g/mol. The molecule has 0 radical (unpaired) electrons. The lowest BCUT2D eigenvalue weighted by molar-refractivity contribution is 0.0593. The Morgan fingerprint density at radius 3 is 2.55 bits per heavy atom. The van der Waals surface area contributed by atoms with Gasteiger partial charge in [0.05, 0.1) is 30.2 Å². The van der Waals surface area contributed by atoms with Crippen molar-refractivity contribution in [2.75, 3.05) is 20.3 Å². The van der Waals surface area contributed by atoms with E-state index in [0.29, 0.717) is 41.9 Å². The Hall–Kier alpha value is -2.64. The summed E-state index contributed by atoms with van der Waals surface area (Å²) in [7, 11) is 1.60. The second-order valence-electron chi connectivity index (χ2n) is 7.76. The molecule has 0 bridgehead atoms. The first-order valence-electron chi connectivity index (χ1n) is 10.2. The third-order valence-corrected chi connectivity index (χ3v) is 5.85. The van der Waals surface area contributed by atoms with Crippen molar-refractivity contribution in [3.63, 3.8) is 0 Å². The summed E-state index contributed by atoms with van der Waals surface area (Å²) in [5.74, 6) is 0.548. The van der Waals surface area contributed by atoms with Crippen LogP contribution in [0.5, 0.6) is 5.75 Å². The summed E-state index contributed by atoms with van der Waals surface area (Å²) in [5.41, 5.74) is 1.43. The van der Waals surface area contributed by atoms with Gasteiger partial charge in [-0.15, -0.1) is 0 Å². The molecule has 0 saturated carbocycles. The van der Waals surface area contributed by atoms with E-state index in [1.165, 1.54) is 0 Å². The van der Waals surface area contributed by atoms with Crippen molar-refractivity contribution in [3.05, 3.63) is 74.0 Å². The minimum Gasteiger partial charge on any atom is -0.497 e. The highest BCUT2D eigenvalue weighted by Gasteiger charge is 2.42. The lowest BCUT2D eigenvalue weighted by atomic mass is 9.98. The number of carbonyl (C=O) groups is 1. The molecule has 1 aliphatic heterocycles. The van der Waals surface area contributed by atoms with Gasteiger partial charge in [-0.2, -0.15) is 0 Å². The minimum atomic E-state index is -0.521. The van der Waals surface area contributed by atoms with Crippen LogP contribution in [0.15, 0.2) is 56.1 Å². The number of carbonyl (C=O) groups excluding carboxylic acids is 1. The summed E-state index contributed by atoms with van der Waals surface area (Å²) >= 11 is 3.41. The largest absolute Gasteiger partial charge is 0.497 e. The van der Waals surface area contributed by atoms with Crippen LogP contribution in [0.2, 0.25) is 0 Å². The maximum atomic E-state index is 13.5. The molecule has 0 N–H and O–H groups in total. The predicted molar refractivity (Wildman–Crippen MR) is 122 cm³/mol. The number of hydrogen-bond donors (Lipinski definition) is 0. The molecule has 2 heterocycles. The first-order valence-corrected chi connectivity index (χ1v) is 11.0. The molecule has 3 aromatic rings. The molecule has 162 valence electrons. The fourth-order valence-electron chi connectivity index (χ4n) is 3.91. The van der Waals surface area contributed by atoms with Gasteiger partial charge in [-0.1, -0.05) is 28.1 Å². The van der Waals surface area contributed by atoms with Gasteiger partial charge < -0.3 is 18.8 Å². The number of fused-ring (bicyclic) bond motifs is 2. The van der Waals surface area contributed by atoms with Gasteiger partial charge >= 0.3 is 0 Å². The first kappa shape index (κ1) is 21.6. The third-order valence-electron chi connectivity index (χ3n) is 5.35. The maximum Gasteiger partial charge on any atom is 0.290 e. The fraction of sp³-hybridized carbons (Fsp3) is 0.333. The molecule has 0 fully saturated rings. The monoisotopic (exact) mass is 485 g/mol. The van der Waals surface area contributed by atoms with Crippen molar-refractivity contribution in [1.29, 1.82) is 0 Å². The van der Waals surface area contributed by atoms with Crippen molar-refractivity contribution >= 4 is 32.8 Å². The van der Waals surface area contributed by atoms with Gasteiger partial charge in [-0.05, 0) is 56.2 Å². The Bertz CT molecular complexity index is 1170. The summed E-state index contributed by atoms with van der Waals surface area (Å²) in [6.45, 7) is 4.93. The summed E-state index contributed by atoms with van der Waals surface area (Å²) in [4.78, 5) is 28.5. The lowest BCUT2D eigenvalue weighted by Gasteiger charge is -2.25. The van der Waals surface area contributed by atoms with Gasteiger partial charge in [0.2, 0.25) is 5.76 Å². The second kappa shape index (κ2) is 8.85. The van der Waals surface area contributed by atoms with Crippen LogP contribution >= 0.6 is 15.9 Å². The highest BCUT2D eigenvalue weighted by molar-refractivity contribution is 9.10. The van der Waals surface area contributed by atoms with Gasteiger partial charge in [0.25, 0.3) is 5.91 Å². The van der Waals surface area contributed by atoms with Crippen LogP contribution in [0.4, 0.5) is 0 Å². The number of hydrogen-bond acceptors (Lipinski definition) is 5. The molecule has 0 aliphatic carbocycles. The van der Waals surface area contributed by atoms with E-state index in [-0.39, 0.29) is 23.2 Å². The minimum absolute atomic E-state index is 0.116. The molecule has 1 aliphatic rings. The van der Waals surface area contributed by atoms with Crippen LogP contribution in [0, 0.1) is 0 Å². The number of halogens is 1. The molecule has 1 amide bonds. The smallest absolute Gasteiger partial charge is 0.290 e. The highest BCUT2D eigenvalue weighted by atomic mass is 79.9. The summed E-state index contributed by atoms with van der Waals surface area (Å²) in [6, 6.07) is 12.1. The van der Waals surface area contributed by atoms with Crippen LogP contribution in [0.25, 0.3) is 11.0 Å². The van der Waals surface area contributed by atoms with Crippen LogP contribution in [0.1, 0.15) is 48.0 Å². The van der Waals surface area contributed by atoms with E-state index in [1.54, 1.807) is 30.2 Å². The summed E-state index contributed by atoms with van der Waals surface area (Å²) < 4.78 is 17.6. The Morgan fingerprint density at radius 2 is 1.87 bits per heavy atom. The molecule has 6 nitrogen and oxygen atoms in total. The molecule has 7 heteroatoms. The Balaban J connectivity index is 1.81. The van der Waals surface area contributed by atoms with Gasteiger partial charge in [-0.25, -0.2) is 0 Å². The second-order valence-corrected chi connectivity index (χ2v) is 8.68. The molecule has 0 saturated heterocycles. The Labute approximate surface area is 188 Å². The number of methoxy groups -OCH3 is 1. The zero-order valence-corrected chi connectivity index (χ0v) is 19.3.